The maximum Gasteiger partial charge on any atom is 0.278 e. The number of hydrogen-bond acceptors (Lipinski definition) is 7. The second-order valence-corrected chi connectivity index (χ2v) is 6.81. The van der Waals surface area contributed by atoms with Gasteiger partial charge in [0.05, 0.1) is 10.6 Å². The minimum atomic E-state index is -0.468. The summed E-state index contributed by atoms with van der Waals surface area (Å²) in [7, 11) is 1.74. The quantitative estimate of drug-likeness (QED) is 0.495. The Morgan fingerprint density at radius 1 is 1.21 bits per heavy atom. The summed E-state index contributed by atoms with van der Waals surface area (Å²) >= 11 is 0. The normalized spacial score (nSPS) is 14.7. The lowest BCUT2D eigenvalue weighted by atomic mass is 9.98. The first-order valence-corrected chi connectivity index (χ1v) is 9.25. The molecule has 3 heterocycles. The molecule has 2 N–H and O–H groups in total. The van der Waals surface area contributed by atoms with Crippen LogP contribution in [0.2, 0.25) is 0 Å². The van der Waals surface area contributed by atoms with E-state index in [4.69, 9.17) is 0 Å². The van der Waals surface area contributed by atoms with Gasteiger partial charge in [0.1, 0.15) is 0 Å². The molecule has 0 aliphatic carbocycles. The molecule has 4 rings (SSSR count). The Labute approximate surface area is 165 Å². The van der Waals surface area contributed by atoms with Gasteiger partial charge in [-0.15, -0.1) is 0 Å². The van der Waals surface area contributed by atoms with Crippen LogP contribution in [0, 0.1) is 10.1 Å². The third kappa shape index (κ3) is 3.99. The highest BCUT2D eigenvalue weighted by molar-refractivity contribution is 6.01. The van der Waals surface area contributed by atoms with Gasteiger partial charge >= 0.3 is 0 Å². The largest absolute Gasteiger partial charge is 0.317 e. The highest BCUT2D eigenvalue weighted by atomic mass is 16.6. The van der Waals surface area contributed by atoms with Crippen LogP contribution >= 0.6 is 0 Å². The topological polar surface area (TPSA) is 133 Å². The van der Waals surface area contributed by atoms with E-state index in [9.17, 15) is 14.9 Å². The molecule has 2 aromatic heterocycles. The third-order valence-electron chi connectivity index (χ3n) is 4.86. The maximum atomic E-state index is 12.6. The van der Waals surface area contributed by atoms with E-state index in [0.29, 0.717) is 11.6 Å². The fourth-order valence-corrected chi connectivity index (χ4v) is 3.25. The highest BCUT2D eigenvalue weighted by Crippen LogP contribution is 2.23. The van der Waals surface area contributed by atoms with E-state index in [2.05, 4.69) is 25.8 Å². The van der Waals surface area contributed by atoms with Crippen molar-refractivity contribution in [3.63, 3.8) is 0 Å². The Bertz CT molecular complexity index is 1030. The number of nitrogens with zero attached hydrogens (tertiary/aromatic N) is 6. The molecule has 0 unspecified atom stereocenters. The molecule has 1 fully saturated rings. The predicted molar refractivity (Wildman–Crippen MR) is 104 cm³/mol. The highest BCUT2D eigenvalue weighted by Gasteiger charge is 2.22. The minimum absolute atomic E-state index is 0.00861. The first-order chi connectivity index (χ1) is 14.0. The van der Waals surface area contributed by atoms with Crippen LogP contribution in [0.1, 0.15) is 35.1 Å². The molecule has 0 bridgehead atoms. The van der Waals surface area contributed by atoms with Crippen molar-refractivity contribution in [2.24, 2.45) is 7.05 Å². The molecule has 1 amide bonds. The van der Waals surface area contributed by atoms with Crippen molar-refractivity contribution in [1.29, 1.82) is 0 Å². The SMILES string of the molecule is Cn1nc(C2CCNCC2)nc1NC(=O)c1ccn(-c2ccc([N+](=O)[O-])cc2)n1. The van der Waals surface area contributed by atoms with E-state index in [1.54, 1.807) is 36.1 Å². The summed E-state index contributed by atoms with van der Waals surface area (Å²) in [5.74, 6) is 0.988. The van der Waals surface area contributed by atoms with Crippen LogP contribution in [0.3, 0.4) is 0 Å². The van der Waals surface area contributed by atoms with Crippen LogP contribution in [-0.4, -0.2) is 48.5 Å². The number of benzene rings is 1. The van der Waals surface area contributed by atoms with Crippen molar-refractivity contribution < 1.29 is 9.72 Å². The molecule has 1 aromatic carbocycles. The molecule has 0 spiro atoms. The van der Waals surface area contributed by atoms with Crippen LogP contribution in [0.4, 0.5) is 11.6 Å². The molecular weight excluding hydrogens is 376 g/mol. The summed E-state index contributed by atoms with van der Waals surface area (Å²) in [6.45, 7) is 1.87. The monoisotopic (exact) mass is 396 g/mol. The van der Waals surface area contributed by atoms with Crippen molar-refractivity contribution >= 4 is 17.5 Å². The van der Waals surface area contributed by atoms with Gasteiger partial charge in [-0.1, -0.05) is 0 Å². The van der Waals surface area contributed by atoms with E-state index < -0.39 is 10.8 Å². The molecule has 1 saturated heterocycles. The number of hydrogen-bond donors (Lipinski definition) is 2. The number of aryl methyl sites for hydroxylation is 1. The number of aromatic nitrogens is 5. The minimum Gasteiger partial charge on any atom is -0.317 e. The molecule has 150 valence electrons. The zero-order valence-electron chi connectivity index (χ0n) is 15.8. The molecule has 0 radical (unpaired) electrons. The summed E-state index contributed by atoms with van der Waals surface area (Å²) in [5, 5.41) is 25.5. The Morgan fingerprint density at radius 2 is 1.93 bits per heavy atom. The standard InChI is InChI=1S/C18H20N8O3/c1-24-18(20-16(23-24)12-6-9-19-10-7-12)21-17(27)15-8-11-25(22-15)13-2-4-14(5-3-13)26(28)29/h2-5,8,11-12,19H,6-7,9-10H2,1H3,(H,20,21,23,27). The molecule has 11 nitrogen and oxygen atoms in total. The summed E-state index contributed by atoms with van der Waals surface area (Å²) in [6, 6.07) is 7.49. The number of nitro benzene ring substituents is 1. The predicted octanol–water partition coefficient (Wildman–Crippen LogP) is 1.63. The molecule has 0 atom stereocenters. The molecule has 11 heteroatoms. The molecule has 29 heavy (non-hydrogen) atoms. The third-order valence-corrected chi connectivity index (χ3v) is 4.86. The van der Waals surface area contributed by atoms with Crippen LogP contribution in [0.15, 0.2) is 36.5 Å². The molecule has 1 aliphatic heterocycles. The fraction of sp³-hybridized carbons (Fsp3) is 0.333. The molecule has 3 aromatic rings. The van der Waals surface area contributed by atoms with Gasteiger partial charge in [0, 0.05) is 31.3 Å². The van der Waals surface area contributed by atoms with Crippen molar-refractivity contribution in [3.8, 4) is 5.69 Å². The Hall–Kier alpha value is -3.60. The fourth-order valence-electron chi connectivity index (χ4n) is 3.25. The van der Waals surface area contributed by atoms with Crippen LogP contribution in [0.25, 0.3) is 5.69 Å². The lowest BCUT2D eigenvalue weighted by molar-refractivity contribution is -0.384. The van der Waals surface area contributed by atoms with Gasteiger partial charge in [0.15, 0.2) is 11.5 Å². The average molecular weight is 396 g/mol. The van der Waals surface area contributed by atoms with Crippen molar-refractivity contribution in [2.45, 2.75) is 18.8 Å². The summed E-state index contributed by atoms with van der Waals surface area (Å²) in [5.41, 5.74) is 0.807. The van der Waals surface area contributed by atoms with Gasteiger partial charge in [-0.05, 0) is 44.1 Å². The Morgan fingerprint density at radius 3 is 2.62 bits per heavy atom. The number of non-ortho nitro benzene ring substituents is 1. The van der Waals surface area contributed by atoms with E-state index >= 15 is 0 Å². The van der Waals surface area contributed by atoms with Gasteiger partial charge < -0.3 is 5.32 Å². The van der Waals surface area contributed by atoms with Crippen LogP contribution < -0.4 is 10.6 Å². The zero-order chi connectivity index (χ0) is 20.4. The van der Waals surface area contributed by atoms with E-state index in [0.717, 1.165) is 31.8 Å². The lowest BCUT2D eigenvalue weighted by Gasteiger charge is -2.19. The van der Waals surface area contributed by atoms with Gasteiger partial charge in [-0.25, -0.2) is 9.36 Å². The van der Waals surface area contributed by atoms with Crippen LogP contribution in [-0.2, 0) is 7.05 Å². The molecule has 0 saturated carbocycles. The van der Waals surface area contributed by atoms with Crippen molar-refractivity contribution in [2.75, 3.05) is 18.4 Å². The van der Waals surface area contributed by atoms with Gasteiger partial charge in [-0.2, -0.15) is 15.2 Å². The maximum absolute atomic E-state index is 12.6. The van der Waals surface area contributed by atoms with Gasteiger partial charge in [0.2, 0.25) is 5.95 Å². The smallest absolute Gasteiger partial charge is 0.278 e. The van der Waals surface area contributed by atoms with Crippen LogP contribution in [0.5, 0.6) is 0 Å². The number of anilines is 1. The number of rotatable bonds is 5. The molecular formula is C18H20N8O3. The number of carbonyl (C=O) groups excluding carboxylic acids is 1. The van der Waals surface area contributed by atoms with Crippen molar-refractivity contribution in [1.82, 2.24) is 29.9 Å². The first-order valence-electron chi connectivity index (χ1n) is 9.25. The van der Waals surface area contributed by atoms with Gasteiger partial charge in [0.25, 0.3) is 11.6 Å². The van der Waals surface area contributed by atoms with E-state index in [1.807, 2.05) is 0 Å². The number of nitrogens with one attached hydrogen (secondary N) is 2. The van der Waals surface area contributed by atoms with E-state index in [-0.39, 0.29) is 17.3 Å². The summed E-state index contributed by atoms with van der Waals surface area (Å²) in [6.07, 6.45) is 3.56. The zero-order valence-corrected chi connectivity index (χ0v) is 15.8. The second kappa shape index (κ2) is 7.80. The molecule has 1 aliphatic rings. The number of amides is 1. The lowest BCUT2D eigenvalue weighted by Crippen LogP contribution is -2.27. The Kier molecular flexibility index (Phi) is 5.04. The van der Waals surface area contributed by atoms with E-state index in [1.165, 1.54) is 16.8 Å². The number of piperidine rings is 1. The van der Waals surface area contributed by atoms with Crippen molar-refractivity contribution in [3.05, 3.63) is 58.2 Å². The summed E-state index contributed by atoms with van der Waals surface area (Å²) in [4.78, 5) is 27.3. The number of nitro groups is 1. The summed E-state index contributed by atoms with van der Waals surface area (Å²) < 4.78 is 3.04. The second-order valence-electron chi connectivity index (χ2n) is 6.81. The first kappa shape index (κ1) is 18.7. The number of carbonyl (C=O) groups is 1. The van der Waals surface area contributed by atoms with Gasteiger partial charge in [-0.3, -0.25) is 20.2 Å². The Balaban J connectivity index is 1.47. The average Bonchev–Trinajstić information content (AvgIpc) is 3.36.